The third-order valence-corrected chi connectivity index (χ3v) is 5.35. The van der Waals surface area contributed by atoms with Crippen LogP contribution in [-0.2, 0) is 19.6 Å². The third-order valence-electron chi connectivity index (χ3n) is 3.08. The van der Waals surface area contributed by atoms with E-state index in [0.29, 0.717) is 0 Å². The van der Waals surface area contributed by atoms with Gasteiger partial charge < -0.3 is 9.84 Å². The molecule has 0 spiro atoms. The van der Waals surface area contributed by atoms with Crippen molar-refractivity contribution in [1.29, 1.82) is 0 Å². The summed E-state index contributed by atoms with van der Waals surface area (Å²) in [7, 11) is -3.93. The van der Waals surface area contributed by atoms with Gasteiger partial charge in [0.25, 0.3) is 0 Å². The van der Waals surface area contributed by atoms with Crippen molar-refractivity contribution in [3.05, 3.63) is 29.0 Å². The van der Waals surface area contributed by atoms with Crippen molar-refractivity contribution >= 4 is 27.6 Å². The SMILES string of the molecule is CC1(OCC(=O)O)CN(S(=O)(=O)c2cc(F)ccc2Cl)C1. The van der Waals surface area contributed by atoms with Crippen molar-refractivity contribution in [3.63, 3.8) is 0 Å². The predicted octanol–water partition coefficient (Wildman–Crippen LogP) is 1.34. The lowest BCUT2D eigenvalue weighted by atomic mass is 10.0. The molecule has 1 saturated heterocycles. The molecule has 1 aromatic carbocycles. The number of hydrogen-bond acceptors (Lipinski definition) is 4. The van der Waals surface area contributed by atoms with Crippen LogP contribution in [0.2, 0.25) is 5.02 Å². The smallest absolute Gasteiger partial charge is 0.329 e. The Labute approximate surface area is 126 Å². The Hall–Kier alpha value is -1.22. The van der Waals surface area contributed by atoms with E-state index < -0.39 is 34.0 Å². The van der Waals surface area contributed by atoms with E-state index in [0.717, 1.165) is 16.4 Å². The highest BCUT2D eigenvalue weighted by Gasteiger charge is 2.47. The molecule has 1 heterocycles. The Kier molecular flexibility index (Phi) is 4.25. The monoisotopic (exact) mass is 337 g/mol. The minimum absolute atomic E-state index is 0.0184. The zero-order valence-corrected chi connectivity index (χ0v) is 12.6. The van der Waals surface area contributed by atoms with E-state index in [2.05, 4.69) is 0 Å². The molecular formula is C12H13ClFNO5S. The molecule has 0 radical (unpaired) electrons. The van der Waals surface area contributed by atoms with E-state index in [1.807, 2.05) is 0 Å². The average Bonchev–Trinajstić information content (AvgIpc) is 2.35. The summed E-state index contributed by atoms with van der Waals surface area (Å²) in [5, 5.41) is 8.48. The Morgan fingerprint density at radius 1 is 1.52 bits per heavy atom. The van der Waals surface area contributed by atoms with Gasteiger partial charge in [0.2, 0.25) is 10.0 Å². The van der Waals surface area contributed by atoms with E-state index in [1.54, 1.807) is 6.92 Å². The van der Waals surface area contributed by atoms with Crippen molar-refractivity contribution in [1.82, 2.24) is 4.31 Å². The summed E-state index contributed by atoms with van der Waals surface area (Å²) in [6.45, 7) is 1.06. The number of aliphatic carboxylic acids is 1. The topological polar surface area (TPSA) is 83.9 Å². The summed E-state index contributed by atoms with van der Waals surface area (Å²) in [5.41, 5.74) is -0.870. The fraction of sp³-hybridized carbons (Fsp3) is 0.417. The number of rotatable bonds is 5. The maximum absolute atomic E-state index is 13.2. The van der Waals surface area contributed by atoms with Gasteiger partial charge in [0, 0.05) is 13.1 Å². The molecule has 116 valence electrons. The van der Waals surface area contributed by atoms with Gasteiger partial charge in [-0.2, -0.15) is 4.31 Å². The van der Waals surface area contributed by atoms with Crippen LogP contribution >= 0.6 is 11.6 Å². The number of sulfonamides is 1. The highest BCUT2D eigenvalue weighted by Crippen LogP contribution is 2.33. The van der Waals surface area contributed by atoms with E-state index in [-0.39, 0.29) is 23.0 Å². The Morgan fingerprint density at radius 3 is 2.71 bits per heavy atom. The summed E-state index contributed by atoms with van der Waals surface area (Å²) >= 11 is 5.80. The lowest BCUT2D eigenvalue weighted by molar-refractivity contribution is -0.157. The normalized spacial score (nSPS) is 18.2. The summed E-state index contributed by atoms with van der Waals surface area (Å²) < 4.78 is 44.0. The molecule has 21 heavy (non-hydrogen) atoms. The maximum atomic E-state index is 13.2. The van der Waals surface area contributed by atoms with Crippen LogP contribution in [0.3, 0.4) is 0 Å². The van der Waals surface area contributed by atoms with Crippen LogP contribution in [0.15, 0.2) is 23.1 Å². The number of ether oxygens (including phenoxy) is 1. The second kappa shape index (κ2) is 5.53. The first-order valence-electron chi connectivity index (χ1n) is 5.95. The molecule has 1 aliphatic heterocycles. The van der Waals surface area contributed by atoms with Gasteiger partial charge in [0.15, 0.2) is 0 Å². The van der Waals surface area contributed by atoms with Gasteiger partial charge in [-0.15, -0.1) is 0 Å². The van der Waals surface area contributed by atoms with Crippen molar-refractivity contribution in [2.75, 3.05) is 19.7 Å². The van der Waals surface area contributed by atoms with Crippen LogP contribution < -0.4 is 0 Å². The molecule has 1 fully saturated rings. The fourth-order valence-corrected chi connectivity index (χ4v) is 4.16. The summed E-state index contributed by atoms with van der Waals surface area (Å²) in [4.78, 5) is 10.1. The van der Waals surface area contributed by atoms with Crippen molar-refractivity contribution in [2.24, 2.45) is 0 Å². The zero-order valence-electron chi connectivity index (χ0n) is 11.0. The summed E-state index contributed by atoms with van der Waals surface area (Å²) in [6, 6.07) is 3.09. The molecule has 1 N–H and O–H groups in total. The number of halogens is 2. The van der Waals surface area contributed by atoms with Crippen LogP contribution in [0.5, 0.6) is 0 Å². The first kappa shape index (κ1) is 16.2. The molecule has 0 bridgehead atoms. The molecule has 0 atom stereocenters. The van der Waals surface area contributed by atoms with E-state index in [9.17, 15) is 17.6 Å². The van der Waals surface area contributed by atoms with Crippen LogP contribution in [0.4, 0.5) is 4.39 Å². The number of hydrogen-bond donors (Lipinski definition) is 1. The van der Waals surface area contributed by atoms with Gasteiger partial charge in [-0.3, -0.25) is 0 Å². The number of carboxylic acid groups (broad SMARTS) is 1. The molecule has 1 aromatic rings. The summed E-state index contributed by atoms with van der Waals surface area (Å²) in [5.74, 6) is -1.84. The van der Waals surface area contributed by atoms with Crippen LogP contribution in [0.1, 0.15) is 6.92 Å². The molecule has 0 saturated carbocycles. The van der Waals surface area contributed by atoms with Gasteiger partial charge in [0.1, 0.15) is 17.3 Å². The Morgan fingerprint density at radius 2 is 2.14 bits per heavy atom. The fourth-order valence-electron chi connectivity index (χ4n) is 2.01. The number of carbonyl (C=O) groups is 1. The lowest BCUT2D eigenvalue weighted by Gasteiger charge is -2.46. The minimum atomic E-state index is -3.93. The van der Waals surface area contributed by atoms with Crippen LogP contribution in [0, 0.1) is 5.82 Å². The first-order chi connectivity index (χ1) is 9.64. The van der Waals surface area contributed by atoms with Crippen molar-refractivity contribution < 1.29 is 27.4 Å². The second-order valence-electron chi connectivity index (χ2n) is 4.98. The number of carboxylic acids is 1. The molecule has 6 nitrogen and oxygen atoms in total. The van der Waals surface area contributed by atoms with Gasteiger partial charge in [-0.1, -0.05) is 11.6 Å². The molecule has 1 aliphatic rings. The maximum Gasteiger partial charge on any atom is 0.329 e. The molecule has 0 amide bonds. The second-order valence-corrected chi connectivity index (χ2v) is 7.29. The molecule has 9 heteroatoms. The lowest BCUT2D eigenvalue weighted by Crippen LogP contribution is -2.63. The van der Waals surface area contributed by atoms with Gasteiger partial charge >= 0.3 is 5.97 Å². The average molecular weight is 338 g/mol. The molecule has 0 aromatic heterocycles. The molecule has 0 unspecified atom stereocenters. The Bertz CT molecular complexity index is 672. The van der Waals surface area contributed by atoms with Gasteiger partial charge in [-0.25, -0.2) is 17.6 Å². The highest BCUT2D eigenvalue weighted by atomic mass is 35.5. The van der Waals surface area contributed by atoms with Gasteiger partial charge in [0.05, 0.1) is 10.6 Å². The molecular weight excluding hydrogens is 325 g/mol. The zero-order chi connectivity index (χ0) is 15.8. The van der Waals surface area contributed by atoms with Gasteiger partial charge in [-0.05, 0) is 25.1 Å². The molecule has 0 aliphatic carbocycles. The molecule has 2 rings (SSSR count). The van der Waals surface area contributed by atoms with Crippen molar-refractivity contribution in [2.45, 2.75) is 17.4 Å². The van der Waals surface area contributed by atoms with Crippen molar-refractivity contribution in [3.8, 4) is 0 Å². The Balaban J connectivity index is 2.13. The van der Waals surface area contributed by atoms with E-state index >= 15 is 0 Å². The largest absolute Gasteiger partial charge is 0.480 e. The standard InChI is InChI=1S/C12H13ClFNO5S/c1-12(20-5-11(16)17)6-15(7-12)21(18,19)10-4-8(14)2-3-9(10)13/h2-4H,5-7H2,1H3,(H,16,17). The number of benzene rings is 1. The third kappa shape index (κ3) is 3.34. The van der Waals surface area contributed by atoms with E-state index in [4.69, 9.17) is 21.4 Å². The quantitative estimate of drug-likeness (QED) is 0.876. The predicted molar refractivity (Wildman–Crippen MR) is 72.2 cm³/mol. The number of nitrogens with zero attached hydrogens (tertiary/aromatic N) is 1. The van der Waals surface area contributed by atoms with Crippen LogP contribution in [0.25, 0.3) is 0 Å². The highest BCUT2D eigenvalue weighted by molar-refractivity contribution is 7.89. The van der Waals surface area contributed by atoms with E-state index in [1.165, 1.54) is 6.07 Å². The summed E-state index contributed by atoms with van der Waals surface area (Å²) in [6.07, 6.45) is 0. The first-order valence-corrected chi connectivity index (χ1v) is 7.77. The van der Waals surface area contributed by atoms with Crippen LogP contribution in [-0.4, -0.2) is 49.1 Å². The minimum Gasteiger partial charge on any atom is -0.480 e.